The van der Waals surface area contributed by atoms with Gasteiger partial charge < -0.3 is 9.47 Å². The van der Waals surface area contributed by atoms with E-state index in [0.29, 0.717) is 21.9 Å². The Labute approximate surface area is 161 Å². The van der Waals surface area contributed by atoms with E-state index in [1.165, 1.54) is 14.0 Å². The zero-order chi connectivity index (χ0) is 19.8. The van der Waals surface area contributed by atoms with E-state index in [1.807, 2.05) is 0 Å². The maximum absolute atomic E-state index is 12.1. The molecule has 142 valence electrons. The first-order valence-electron chi connectivity index (χ1n) is 8.08. The number of esters is 1. The Morgan fingerprint density at radius 1 is 1.07 bits per heavy atom. The average molecular weight is 391 g/mol. The fourth-order valence-corrected chi connectivity index (χ4v) is 2.41. The van der Waals surface area contributed by atoms with Gasteiger partial charge in [-0.05, 0) is 37.3 Å². The summed E-state index contributed by atoms with van der Waals surface area (Å²) in [6.07, 6.45) is -1.21. The quantitative estimate of drug-likeness (QED) is 0.583. The molecule has 0 heterocycles. The van der Waals surface area contributed by atoms with Crippen molar-refractivity contribution in [2.75, 3.05) is 7.11 Å². The second-order valence-electron chi connectivity index (χ2n) is 5.57. The third kappa shape index (κ3) is 6.00. The van der Waals surface area contributed by atoms with E-state index in [0.717, 1.165) is 0 Å². The standard InChI is InChI=1S/C19H19ClN2O5/c1-12(18(24)21-22-19(25)13-6-4-3-5-7-13)27-17(23)11-14-10-15(20)8-9-16(14)26-2/h3-10,12H,11H2,1-2H3,(H,21,24)(H,22,25)/t12-/m1/s1. The van der Waals surface area contributed by atoms with Crippen molar-refractivity contribution in [1.82, 2.24) is 10.9 Å². The highest BCUT2D eigenvalue weighted by Crippen LogP contribution is 2.23. The van der Waals surface area contributed by atoms with E-state index in [9.17, 15) is 14.4 Å². The predicted molar refractivity (Wildman–Crippen MR) is 99.3 cm³/mol. The summed E-state index contributed by atoms with van der Waals surface area (Å²) in [6.45, 7) is 1.40. The molecule has 27 heavy (non-hydrogen) atoms. The minimum atomic E-state index is -1.10. The van der Waals surface area contributed by atoms with Gasteiger partial charge in [0.2, 0.25) is 0 Å². The van der Waals surface area contributed by atoms with Gasteiger partial charge in [0.1, 0.15) is 5.75 Å². The van der Waals surface area contributed by atoms with Crippen LogP contribution >= 0.6 is 11.6 Å². The van der Waals surface area contributed by atoms with E-state index in [-0.39, 0.29) is 6.42 Å². The van der Waals surface area contributed by atoms with E-state index in [4.69, 9.17) is 21.1 Å². The fourth-order valence-electron chi connectivity index (χ4n) is 2.21. The van der Waals surface area contributed by atoms with Crippen LogP contribution in [0, 0.1) is 0 Å². The molecule has 2 rings (SSSR count). The SMILES string of the molecule is COc1ccc(Cl)cc1CC(=O)O[C@H](C)C(=O)NNC(=O)c1ccccc1. The monoisotopic (exact) mass is 390 g/mol. The van der Waals surface area contributed by atoms with Crippen LogP contribution in [-0.2, 0) is 20.7 Å². The lowest BCUT2D eigenvalue weighted by atomic mass is 10.1. The van der Waals surface area contributed by atoms with Crippen LogP contribution in [0.1, 0.15) is 22.8 Å². The number of hydrogen-bond donors (Lipinski definition) is 2. The zero-order valence-corrected chi connectivity index (χ0v) is 15.6. The molecule has 2 N–H and O–H groups in total. The maximum atomic E-state index is 12.1. The van der Waals surface area contributed by atoms with E-state index in [1.54, 1.807) is 48.5 Å². The van der Waals surface area contributed by atoms with Crippen molar-refractivity contribution in [3.63, 3.8) is 0 Å². The van der Waals surface area contributed by atoms with Gasteiger partial charge in [-0.25, -0.2) is 0 Å². The molecule has 1 atom stereocenters. The number of amides is 2. The molecule has 0 radical (unpaired) electrons. The normalized spacial score (nSPS) is 11.2. The average Bonchev–Trinajstić information content (AvgIpc) is 2.66. The Morgan fingerprint density at radius 2 is 1.78 bits per heavy atom. The van der Waals surface area contributed by atoms with Crippen molar-refractivity contribution >= 4 is 29.4 Å². The number of benzene rings is 2. The first-order chi connectivity index (χ1) is 12.9. The first-order valence-corrected chi connectivity index (χ1v) is 8.45. The smallest absolute Gasteiger partial charge is 0.311 e. The third-order valence-corrected chi connectivity index (χ3v) is 3.82. The molecule has 0 saturated heterocycles. The molecule has 7 nitrogen and oxygen atoms in total. The number of methoxy groups -OCH3 is 1. The number of carbonyl (C=O) groups excluding carboxylic acids is 3. The van der Waals surface area contributed by atoms with Crippen molar-refractivity contribution < 1.29 is 23.9 Å². The molecule has 0 aliphatic heterocycles. The van der Waals surface area contributed by atoms with Gasteiger partial charge in [-0.3, -0.25) is 25.2 Å². The van der Waals surface area contributed by atoms with Crippen LogP contribution < -0.4 is 15.6 Å². The molecule has 2 amide bonds. The lowest BCUT2D eigenvalue weighted by Gasteiger charge is -2.15. The lowest BCUT2D eigenvalue weighted by Crippen LogP contribution is -2.46. The number of hydrogen-bond acceptors (Lipinski definition) is 5. The van der Waals surface area contributed by atoms with Gasteiger partial charge in [-0.1, -0.05) is 29.8 Å². The highest BCUT2D eigenvalue weighted by atomic mass is 35.5. The number of nitrogens with one attached hydrogen (secondary N) is 2. The van der Waals surface area contributed by atoms with Crippen molar-refractivity contribution in [2.24, 2.45) is 0 Å². The Bertz CT molecular complexity index is 826. The Morgan fingerprint density at radius 3 is 2.44 bits per heavy atom. The first kappa shape index (κ1) is 20.3. The fraction of sp³-hybridized carbons (Fsp3) is 0.211. The van der Waals surface area contributed by atoms with Gasteiger partial charge in [0.05, 0.1) is 13.5 Å². The van der Waals surface area contributed by atoms with Crippen LogP contribution in [-0.4, -0.2) is 31.0 Å². The zero-order valence-electron chi connectivity index (χ0n) is 14.8. The minimum Gasteiger partial charge on any atom is -0.496 e. The second kappa shape index (κ2) is 9.59. The Hall–Kier alpha value is -3.06. The summed E-state index contributed by atoms with van der Waals surface area (Å²) in [4.78, 5) is 36.0. The number of carbonyl (C=O) groups is 3. The summed E-state index contributed by atoms with van der Waals surface area (Å²) in [6, 6.07) is 13.2. The van der Waals surface area contributed by atoms with Gasteiger partial charge in [0, 0.05) is 16.1 Å². The van der Waals surface area contributed by atoms with Gasteiger partial charge in [-0.2, -0.15) is 0 Å². The molecule has 8 heteroatoms. The topological polar surface area (TPSA) is 93.7 Å². The van der Waals surface area contributed by atoms with Gasteiger partial charge in [0.25, 0.3) is 11.8 Å². The highest BCUT2D eigenvalue weighted by molar-refractivity contribution is 6.30. The summed E-state index contributed by atoms with van der Waals surface area (Å²) >= 11 is 5.92. The molecule has 0 aliphatic rings. The summed E-state index contributed by atoms with van der Waals surface area (Å²) in [7, 11) is 1.48. The van der Waals surface area contributed by atoms with Gasteiger partial charge in [0.15, 0.2) is 6.10 Å². The molecular formula is C19H19ClN2O5. The molecular weight excluding hydrogens is 372 g/mol. The van der Waals surface area contributed by atoms with Gasteiger partial charge >= 0.3 is 5.97 Å². The molecule has 0 unspecified atom stereocenters. The summed E-state index contributed by atoms with van der Waals surface area (Å²) < 4.78 is 10.3. The lowest BCUT2D eigenvalue weighted by molar-refractivity contribution is -0.154. The summed E-state index contributed by atoms with van der Waals surface area (Å²) in [5, 5.41) is 0.452. The van der Waals surface area contributed by atoms with Crippen LogP contribution in [0.15, 0.2) is 48.5 Å². The molecule has 0 spiro atoms. The maximum Gasteiger partial charge on any atom is 0.311 e. The number of rotatable bonds is 6. The van der Waals surface area contributed by atoms with E-state index < -0.39 is 23.9 Å². The largest absolute Gasteiger partial charge is 0.496 e. The molecule has 0 aliphatic carbocycles. The third-order valence-electron chi connectivity index (χ3n) is 3.59. The predicted octanol–water partition coefficient (Wildman–Crippen LogP) is 2.28. The highest BCUT2D eigenvalue weighted by Gasteiger charge is 2.20. The van der Waals surface area contributed by atoms with Gasteiger partial charge in [-0.15, -0.1) is 0 Å². The number of hydrazine groups is 1. The Balaban J connectivity index is 1.86. The van der Waals surface area contributed by atoms with Crippen LogP contribution in [0.3, 0.4) is 0 Å². The number of ether oxygens (including phenoxy) is 2. The summed E-state index contributed by atoms with van der Waals surface area (Å²) in [5.41, 5.74) is 5.41. The van der Waals surface area contributed by atoms with Crippen molar-refractivity contribution in [3.8, 4) is 5.75 Å². The molecule has 0 bridgehead atoms. The minimum absolute atomic E-state index is 0.113. The second-order valence-corrected chi connectivity index (χ2v) is 6.01. The van der Waals surface area contributed by atoms with E-state index >= 15 is 0 Å². The molecule has 0 saturated carbocycles. The molecule has 0 aromatic heterocycles. The number of halogens is 1. The van der Waals surface area contributed by atoms with Crippen molar-refractivity contribution in [2.45, 2.75) is 19.4 Å². The summed E-state index contributed by atoms with van der Waals surface area (Å²) in [5.74, 6) is -1.28. The van der Waals surface area contributed by atoms with E-state index in [2.05, 4.69) is 10.9 Å². The van der Waals surface area contributed by atoms with Crippen molar-refractivity contribution in [1.29, 1.82) is 0 Å². The van der Waals surface area contributed by atoms with Crippen LogP contribution in [0.5, 0.6) is 5.75 Å². The van der Waals surface area contributed by atoms with Crippen LogP contribution in [0.25, 0.3) is 0 Å². The molecule has 2 aromatic carbocycles. The molecule has 2 aromatic rings. The van der Waals surface area contributed by atoms with Crippen LogP contribution in [0.4, 0.5) is 0 Å². The molecule has 0 fully saturated rings. The van der Waals surface area contributed by atoms with Crippen molar-refractivity contribution in [3.05, 3.63) is 64.7 Å². The van der Waals surface area contributed by atoms with Crippen LogP contribution in [0.2, 0.25) is 5.02 Å². The Kier molecular flexibility index (Phi) is 7.19.